The monoisotopic (exact) mass is 367 g/mol. The molecule has 1 amide bonds. The van der Waals surface area contributed by atoms with Gasteiger partial charge in [0.25, 0.3) is 0 Å². The van der Waals surface area contributed by atoms with Crippen LogP contribution in [0.25, 0.3) is 5.69 Å². The maximum absolute atomic E-state index is 12.1. The summed E-state index contributed by atoms with van der Waals surface area (Å²) in [5, 5.41) is 11.7. The van der Waals surface area contributed by atoms with Crippen molar-refractivity contribution < 1.29 is 4.79 Å². The standard InChI is InChI=1S/C19H21N5OS/c1-14-6-8-17(9-7-14)24-13-21-23-19(24)26-12-18(25)20-11-10-16-5-3-4-15(2)22-16/h3-9,13H,10-12H2,1-2H3,(H,20,25). The molecule has 0 aliphatic carbocycles. The van der Waals surface area contributed by atoms with Crippen molar-refractivity contribution in [3.63, 3.8) is 0 Å². The fourth-order valence-corrected chi connectivity index (χ4v) is 3.21. The smallest absolute Gasteiger partial charge is 0.230 e. The number of pyridine rings is 1. The van der Waals surface area contributed by atoms with E-state index in [1.54, 1.807) is 6.33 Å². The minimum absolute atomic E-state index is 0.0268. The van der Waals surface area contributed by atoms with E-state index in [0.29, 0.717) is 17.5 Å². The number of aryl methyl sites for hydroxylation is 2. The Kier molecular flexibility index (Phi) is 6.01. The van der Waals surface area contributed by atoms with Gasteiger partial charge in [-0.2, -0.15) is 0 Å². The molecule has 2 aromatic heterocycles. The summed E-state index contributed by atoms with van der Waals surface area (Å²) in [7, 11) is 0. The summed E-state index contributed by atoms with van der Waals surface area (Å²) in [4.78, 5) is 16.5. The van der Waals surface area contributed by atoms with Crippen LogP contribution in [-0.4, -0.2) is 38.0 Å². The number of carbonyl (C=O) groups is 1. The number of rotatable bonds is 7. The molecule has 0 aliphatic heterocycles. The molecular weight excluding hydrogens is 346 g/mol. The highest BCUT2D eigenvalue weighted by molar-refractivity contribution is 7.99. The molecule has 26 heavy (non-hydrogen) atoms. The molecule has 7 heteroatoms. The molecule has 3 rings (SSSR count). The van der Waals surface area contributed by atoms with E-state index in [0.717, 1.165) is 23.5 Å². The summed E-state index contributed by atoms with van der Waals surface area (Å²) in [5.74, 6) is 0.271. The zero-order valence-electron chi connectivity index (χ0n) is 14.8. The first-order valence-electron chi connectivity index (χ1n) is 8.41. The van der Waals surface area contributed by atoms with Crippen LogP contribution in [0.5, 0.6) is 0 Å². The van der Waals surface area contributed by atoms with Crippen molar-refractivity contribution in [1.29, 1.82) is 0 Å². The van der Waals surface area contributed by atoms with Gasteiger partial charge in [-0.05, 0) is 38.1 Å². The molecule has 6 nitrogen and oxygen atoms in total. The third-order valence-corrected chi connectivity index (χ3v) is 4.75. The third-order valence-electron chi connectivity index (χ3n) is 3.81. The van der Waals surface area contributed by atoms with Crippen LogP contribution in [0.4, 0.5) is 0 Å². The van der Waals surface area contributed by atoms with Gasteiger partial charge in [0.2, 0.25) is 5.91 Å². The van der Waals surface area contributed by atoms with Crippen LogP contribution in [0.1, 0.15) is 17.0 Å². The molecular formula is C19H21N5OS. The maximum atomic E-state index is 12.1. The van der Waals surface area contributed by atoms with Crippen LogP contribution in [0.2, 0.25) is 0 Å². The zero-order valence-corrected chi connectivity index (χ0v) is 15.7. The van der Waals surface area contributed by atoms with Crippen molar-refractivity contribution in [1.82, 2.24) is 25.1 Å². The molecule has 0 saturated carbocycles. The third kappa shape index (κ3) is 4.92. The fourth-order valence-electron chi connectivity index (χ4n) is 2.46. The number of hydrogen-bond donors (Lipinski definition) is 1. The van der Waals surface area contributed by atoms with E-state index in [1.165, 1.54) is 17.3 Å². The van der Waals surface area contributed by atoms with E-state index in [-0.39, 0.29) is 5.91 Å². The number of nitrogens with one attached hydrogen (secondary N) is 1. The Labute approximate surface area is 157 Å². The Morgan fingerprint density at radius 2 is 1.96 bits per heavy atom. The van der Waals surface area contributed by atoms with Crippen molar-refractivity contribution in [3.8, 4) is 5.69 Å². The van der Waals surface area contributed by atoms with E-state index in [2.05, 4.69) is 20.5 Å². The largest absolute Gasteiger partial charge is 0.355 e. The van der Waals surface area contributed by atoms with Gasteiger partial charge < -0.3 is 5.32 Å². The summed E-state index contributed by atoms with van der Waals surface area (Å²) in [6.07, 6.45) is 2.38. The zero-order chi connectivity index (χ0) is 18.4. The second kappa shape index (κ2) is 8.62. The molecule has 0 bridgehead atoms. The average molecular weight is 367 g/mol. The van der Waals surface area contributed by atoms with Crippen molar-refractivity contribution >= 4 is 17.7 Å². The maximum Gasteiger partial charge on any atom is 0.230 e. The highest BCUT2D eigenvalue weighted by Crippen LogP contribution is 2.19. The molecule has 0 saturated heterocycles. The number of aromatic nitrogens is 4. The Morgan fingerprint density at radius 3 is 2.73 bits per heavy atom. The number of carbonyl (C=O) groups excluding carboxylic acids is 1. The van der Waals surface area contributed by atoms with E-state index in [9.17, 15) is 4.79 Å². The number of thioether (sulfide) groups is 1. The number of nitrogens with zero attached hydrogens (tertiary/aromatic N) is 4. The minimum atomic E-state index is -0.0268. The minimum Gasteiger partial charge on any atom is -0.355 e. The second-order valence-electron chi connectivity index (χ2n) is 5.98. The number of benzene rings is 1. The summed E-state index contributed by atoms with van der Waals surface area (Å²) >= 11 is 1.37. The van der Waals surface area contributed by atoms with Gasteiger partial charge in [-0.1, -0.05) is 35.5 Å². The molecule has 0 unspecified atom stereocenters. The van der Waals surface area contributed by atoms with Gasteiger partial charge >= 0.3 is 0 Å². The van der Waals surface area contributed by atoms with Crippen LogP contribution < -0.4 is 5.32 Å². The lowest BCUT2D eigenvalue weighted by molar-refractivity contribution is -0.118. The average Bonchev–Trinajstić information content (AvgIpc) is 3.09. The lowest BCUT2D eigenvalue weighted by Gasteiger charge is -2.07. The van der Waals surface area contributed by atoms with Gasteiger partial charge in [-0.3, -0.25) is 14.3 Å². The SMILES string of the molecule is Cc1ccc(-n2cnnc2SCC(=O)NCCc2cccc(C)n2)cc1. The van der Waals surface area contributed by atoms with Crippen LogP contribution >= 0.6 is 11.8 Å². The van der Waals surface area contributed by atoms with Crippen molar-refractivity contribution in [2.45, 2.75) is 25.4 Å². The second-order valence-corrected chi connectivity index (χ2v) is 6.92. The molecule has 0 radical (unpaired) electrons. The molecule has 0 fully saturated rings. The van der Waals surface area contributed by atoms with E-state index in [1.807, 2.05) is 60.9 Å². The predicted octanol–water partition coefficient (Wildman–Crippen LogP) is 2.73. The van der Waals surface area contributed by atoms with Crippen LogP contribution in [0.15, 0.2) is 53.9 Å². The van der Waals surface area contributed by atoms with Crippen LogP contribution in [0, 0.1) is 13.8 Å². The summed E-state index contributed by atoms with van der Waals surface area (Å²) in [5.41, 5.74) is 4.14. The Balaban J connectivity index is 1.49. The molecule has 1 N–H and O–H groups in total. The van der Waals surface area contributed by atoms with Gasteiger partial charge in [0.1, 0.15) is 6.33 Å². The molecule has 0 spiro atoms. The summed E-state index contributed by atoms with van der Waals surface area (Å²) < 4.78 is 1.88. The van der Waals surface area contributed by atoms with Crippen molar-refractivity contribution in [3.05, 3.63) is 65.7 Å². The topological polar surface area (TPSA) is 72.7 Å². The van der Waals surface area contributed by atoms with Crippen molar-refractivity contribution in [2.24, 2.45) is 0 Å². The lowest BCUT2D eigenvalue weighted by atomic mass is 10.2. The Bertz CT molecular complexity index is 876. The molecule has 3 aromatic rings. The summed E-state index contributed by atoms with van der Waals surface area (Å²) in [6, 6.07) is 14.0. The lowest BCUT2D eigenvalue weighted by Crippen LogP contribution is -2.27. The van der Waals surface area contributed by atoms with Gasteiger partial charge in [0, 0.05) is 30.0 Å². The van der Waals surface area contributed by atoms with E-state index in [4.69, 9.17) is 0 Å². The first kappa shape index (κ1) is 18.1. The molecule has 0 atom stereocenters. The predicted molar refractivity (Wildman–Crippen MR) is 103 cm³/mol. The number of hydrogen-bond acceptors (Lipinski definition) is 5. The summed E-state index contributed by atoms with van der Waals surface area (Å²) in [6.45, 7) is 4.58. The van der Waals surface area contributed by atoms with Crippen LogP contribution in [0.3, 0.4) is 0 Å². The fraction of sp³-hybridized carbons (Fsp3) is 0.263. The normalized spacial score (nSPS) is 10.7. The molecule has 134 valence electrons. The number of amides is 1. The van der Waals surface area contributed by atoms with Crippen LogP contribution in [-0.2, 0) is 11.2 Å². The highest BCUT2D eigenvalue weighted by atomic mass is 32.2. The molecule has 2 heterocycles. The Morgan fingerprint density at radius 1 is 1.15 bits per heavy atom. The van der Waals surface area contributed by atoms with Gasteiger partial charge in [-0.25, -0.2) is 0 Å². The first-order valence-corrected chi connectivity index (χ1v) is 9.39. The molecule has 0 aliphatic rings. The van der Waals surface area contributed by atoms with Crippen molar-refractivity contribution in [2.75, 3.05) is 12.3 Å². The van der Waals surface area contributed by atoms with Gasteiger partial charge in [0.05, 0.1) is 5.75 Å². The van der Waals surface area contributed by atoms with Gasteiger partial charge in [0.15, 0.2) is 5.16 Å². The Hall–Kier alpha value is -2.67. The van der Waals surface area contributed by atoms with E-state index < -0.39 is 0 Å². The van der Waals surface area contributed by atoms with E-state index >= 15 is 0 Å². The highest BCUT2D eigenvalue weighted by Gasteiger charge is 2.10. The molecule has 1 aromatic carbocycles. The quantitative estimate of drug-likeness (QED) is 0.650. The van der Waals surface area contributed by atoms with Gasteiger partial charge in [-0.15, -0.1) is 10.2 Å². The first-order chi connectivity index (χ1) is 12.6.